The summed E-state index contributed by atoms with van der Waals surface area (Å²) in [5.74, 6) is 0.850. The van der Waals surface area contributed by atoms with E-state index in [9.17, 15) is 0 Å². The van der Waals surface area contributed by atoms with Crippen LogP contribution in [-0.4, -0.2) is 13.1 Å². The predicted octanol–water partition coefficient (Wildman–Crippen LogP) is 4.97. The molecule has 4 heteroatoms. The van der Waals surface area contributed by atoms with Crippen LogP contribution in [0.2, 0.25) is 10.0 Å². The van der Waals surface area contributed by atoms with Crippen LogP contribution >= 0.6 is 35.0 Å². The van der Waals surface area contributed by atoms with Gasteiger partial charge in [-0.1, -0.05) is 47.5 Å². The lowest BCUT2D eigenvalue weighted by Gasteiger charge is -2.14. The van der Waals surface area contributed by atoms with Gasteiger partial charge in [0.25, 0.3) is 0 Å². The van der Waals surface area contributed by atoms with Crippen molar-refractivity contribution in [1.29, 1.82) is 0 Å². The second kappa shape index (κ2) is 7.06. The van der Waals surface area contributed by atoms with Gasteiger partial charge in [0, 0.05) is 15.7 Å². The highest BCUT2D eigenvalue weighted by molar-refractivity contribution is 7.98. The summed E-state index contributed by atoms with van der Waals surface area (Å²) in [7, 11) is 0. The van der Waals surface area contributed by atoms with Crippen molar-refractivity contribution >= 4 is 35.0 Å². The Morgan fingerprint density at radius 2 is 1.76 bits per heavy atom. The van der Waals surface area contributed by atoms with Gasteiger partial charge in [0.1, 0.15) is 0 Å². The van der Waals surface area contributed by atoms with Crippen molar-refractivity contribution in [2.45, 2.75) is 23.5 Å². The third-order valence-corrected chi connectivity index (χ3v) is 5.77. The number of thioether (sulfide) groups is 1. The van der Waals surface area contributed by atoms with Gasteiger partial charge in [0.15, 0.2) is 0 Å². The summed E-state index contributed by atoms with van der Waals surface area (Å²) in [4.78, 5) is 1.22. The summed E-state index contributed by atoms with van der Waals surface area (Å²) in [6.45, 7) is 2.07. The Morgan fingerprint density at radius 3 is 2.62 bits per heavy atom. The van der Waals surface area contributed by atoms with Gasteiger partial charge >= 0.3 is 0 Å². The Balaban J connectivity index is 1.86. The van der Waals surface area contributed by atoms with Crippen molar-refractivity contribution < 1.29 is 0 Å². The molecule has 110 valence electrons. The smallest absolute Gasteiger partial charge is 0.0544 e. The molecule has 1 aliphatic rings. The maximum atomic E-state index is 6.45. The van der Waals surface area contributed by atoms with E-state index in [2.05, 4.69) is 17.4 Å². The van der Waals surface area contributed by atoms with Crippen LogP contribution in [0.1, 0.15) is 16.7 Å². The predicted molar refractivity (Wildman–Crippen MR) is 92.7 cm³/mol. The molecule has 0 saturated heterocycles. The zero-order chi connectivity index (χ0) is 14.7. The van der Waals surface area contributed by atoms with Crippen LogP contribution in [0, 0.1) is 0 Å². The number of rotatable bonds is 3. The largest absolute Gasteiger partial charge is 0.316 e. The van der Waals surface area contributed by atoms with Crippen LogP contribution in [0.3, 0.4) is 0 Å². The SMILES string of the molecule is Clc1ccccc1CSc1c(Cl)ccc2c1CCNCC2. The zero-order valence-electron chi connectivity index (χ0n) is 11.7. The monoisotopic (exact) mass is 337 g/mol. The molecule has 0 fully saturated rings. The third kappa shape index (κ3) is 3.57. The molecule has 0 aliphatic carbocycles. The Bertz CT molecular complexity index is 643. The van der Waals surface area contributed by atoms with Gasteiger partial charge in [0.05, 0.1) is 5.02 Å². The minimum Gasteiger partial charge on any atom is -0.316 e. The number of benzene rings is 2. The molecular formula is C17H17Cl2NS. The molecule has 1 nitrogen and oxygen atoms in total. The van der Waals surface area contributed by atoms with Crippen LogP contribution in [0.4, 0.5) is 0 Å². The lowest BCUT2D eigenvalue weighted by atomic mass is 10.0. The summed E-state index contributed by atoms with van der Waals surface area (Å²) in [5.41, 5.74) is 3.99. The minimum atomic E-state index is 0.824. The molecule has 1 heterocycles. The molecular weight excluding hydrogens is 321 g/mol. The standard InChI is InChI=1S/C17H17Cl2NS/c18-15-4-2-1-3-13(15)11-21-17-14-8-10-20-9-7-12(14)5-6-16(17)19/h1-6,20H,7-11H2. The van der Waals surface area contributed by atoms with E-state index >= 15 is 0 Å². The average molecular weight is 338 g/mol. The normalized spacial score (nSPS) is 14.6. The van der Waals surface area contributed by atoms with Crippen molar-refractivity contribution in [3.63, 3.8) is 0 Å². The highest BCUT2D eigenvalue weighted by Gasteiger charge is 2.15. The first kappa shape index (κ1) is 15.2. The van der Waals surface area contributed by atoms with Crippen LogP contribution in [-0.2, 0) is 18.6 Å². The molecule has 0 aromatic heterocycles. The molecule has 2 aromatic rings. The third-order valence-electron chi connectivity index (χ3n) is 3.76. The maximum Gasteiger partial charge on any atom is 0.0544 e. The maximum absolute atomic E-state index is 6.45. The van der Waals surface area contributed by atoms with E-state index in [1.807, 2.05) is 24.3 Å². The Kier molecular flexibility index (Phi) is 5.12. The number of hydrogen-bond donors (Lipinski definition) is 1. The Morgan fingerprint density at radius 1 is 0.952 bits per heavy atom. The number of nitrogens with one attached hydrogen (secondary N) is 1. The Hall–Kier alpha value is -0.670. The minimum absolute atomic E-state index is 0.824. The second-order valence-corrected chi connectivity index (χ2v) is 6.94. The summed E-state index contributed by atoms with van der Waals surface area (Å²) in [5, 5.41) is 5.13. The molecule has 0 amide bonds. The molecule has 0 radical (unpaired) electrons. The molecule has 0 bridgehead atoms. The summed E-state index contributed by atoms with van der Waals surface area (Å²) < 4.78 is 0. The van der Waals surface area contributed by atoms with Gasteiger partial charge in [0.2, 0.25) is 0 Å². The molecule has 2 aromatic carbocycles. The van der Waals surface area contributed by atoms with E-state index in [1.165, 1.54) is 16.0 Å². The van der Waals surface area contributed by atoms with Crippen LogP contribution in [0.15, 0.2) is 41.3 Å². The molecule has 1 N–H and O–H groups in total. The van der Waals surface area contributed by atoms with E-state index in [0.717, 1.165) is 47.3 Å². The highest BCUT2D eigenvalue weighted by Crippen LogP contribution is 2.36. The van der Waals surface area contributed by atoms with E-state index < -0.39 is 0 Å². The van der Waals surface area contributed by atoms with Gasteiger partial charge < -0.3 is 5.32 Å². The van der Waals surface area contributed by atoms with Crippen LogP contribution in [0.25, 0.3) is 0 Å². The molecule has 3 rings (SSSR count). The van der Waals surface area contributed by atoms with Crippen molar-refractivity contribution in [1.82, 2.24) is 5.32 Å². The summed E-state index contributed by atoms with van der Waals surface area (Å²) >= 11 is 14.5. The van der Waals surface area contributed by atoms with Gasteiger partial charge in [-0.05, 0) is 54.8 Å². The highest BCUT2D eigenvalue weighted by atomic mass is 35.5. The van der Waals surface area contributed by atoms with Crippen LogP contribution < -0.4 is 5.32 Å². The number of hydrogen-bond acceptors (Lipinski definition) is 2. The first-order valence-corrected chi connectivity index (χ1v) is 8.87. The average Bonchev–Trinajstić information content (AvgIpc) is 2.73. The quantitative estimate of drug-likeness (QED) is 0.793. The van der Waals surface area contributed by atoms with E-state index in [0.29, 0.717) is 0 Å². The number of halogens is 2. The van der Waals surface area contributed by atoms with Crippen molar-refractivity contribution in [2.24, 2.45) is 0 Å². The topological polar surface area (TPSA) is 12.0 Å². The van der Waals surface area contributed by atoms with Crippen molar-refractivity contribution in [2.75, 3.05) is 13.1 Å². The van der Waals surface area contributed by atoms with Gasteiger partial charge in [-0.2, -0.15) is 0 Å². The van der Waals surface area contributed by atoms with Gasteiger partial charge in [-0.25, -0.2) is 0 Å². The first-order chi connectivity index (χ1) is 10.3. The molecule has 0 atom stereocenters. The lowest BCUT2D eigenvalue weighted by molar-refractivity contribution is 0.709. The first-order valence-electron chi connectivity index (χ1n) is 7.13. The molecule has 21 heavy (non-hydrogen) atoms. The molecule has 0 saturated carbocycles. The van der Waals surface area contributed by atoms with E-state index in [4.69, 9.17) is 23.2 Å². The molecule has 0 unspecified atom stereocenters. The van der Waals surface area contributed by atoms with Crippen molar-refractivity contribution in [3.05, 3.63) is 63.1 Å². The lowest BCUT2D eigenvalue weighted by Crippen LogP contribution is -2.16. The second-order valence-electron chi connectivity index (χ2n) is 5.14. The van der Waals surface area contributed by atoms with Gasteiger partial charge in [-0.15, -0.1) is 11.8 Å². The van der Waals surface area contributed by atoms with Gasteiger partial charge in [-0.3, -0.25) is 0 Å². The zero-order valence-corrected chi connectivity index (χ0v) is 14.0. The Labute approximate surface area is 140 Å². The summed E-state index contributed by atoms with van der Waals surface area (Å²) in [6, 6.07) is 12.2. The van der Waals surface area contributed by atoms with Crippen molar-refractivity contribution in [3.8, 4) is 0 Å². The number of fused-ring (bicyclic) bond motifs is 1. The van der Waals surface area contributed by atoms with Crippen LogP contribution in [0.5, 0.6) is 0 Å². The van der Waals surface area contributed by atoms with E-state index in [-0.39, 0.29) is 0 Å². The molecule has 1 aliphatic heterocycles. The fourth-order valence-electron chi connectivity index (χ4n) is 2.63. The fourth-order valence-corrected chi connectivity index (χ4v) is 4.42. The molecule has 0 spiro atoms. The van der Waals surface area contributed by atoms with E-state index in [1.54, 1.807) is 11.8 Å². The fraction of sp³-hybridized carbons (Fsp3) is 0.294. The summed E-state index contributed by atoms with van der Waals surface area (Å²) in [6.07, 6.45) is 2.12.